The van der Waals surface area contributed by atoms with E-state index in [9.17, 15) is 0 Å². The molecule has 0 N–H and O–H groups in total. The first-order valence-corrected chi connectivity index (χ1v) is 8.97. The molecule has 4 rings (SSSR count). The van der Waals surface area contributed by atoms with E-state index in [2.05, 4.69) is 46.2 Å². The zero-order valence-corrected chi connectivity index (χ0v) is 15.9. The second kappa shape index (κ2) is 6.27. The molecule has 0 amide bonds. The van der Waals surface area contributed by atoms with Crippen molar-refractivity contribution in [1.82, 2.24) is 19.4 Å². The predicted octanol–water partition coefficient (Wildman–Crippen LogP) is 3.88. The lowest BCUT2D eigenvalue weighted by Crippen LogP contribution is -2.03. The normalized spacial score (nSPS) is 19.2. The molecule has 0 spiro atoms. The summed E-state index contributed by atoms with van der Waals surface area (Å²) in [7, 11) is 3.16. The molecular formula is C20H24N4O2. The smallest absolute Gasteiger partial charge is 0.319 e. The Balaban J connectivity index is 1.91. The van der Waals surface area contributed by atoms with Crippen LogP contribution in [0.3, 0.4) is 0 Å². The summed E-state index contributed by atoms with van der Waals surface area (Å²) in [6.07, 6.45) is 6.84. The van der Waals surface area contributed by atoms with Gasteiger partial charge >= 0.3 is 6.01 Å². The Morgan fingerprint density at radius 2 is 1.96 bits per heavy atom. The Hall–Kier alpha value is -2.63. The number of pyridine rings is 1. The number of hydrogen-bond acceptors (Lipinski definition) is 5. The number of methoxy groups -OCH3 is 2. The molecule has 0 saturated heterocycles. The number of ether oxygens (including phenoxy) is 2. The average molecular weight is 352 g/mol. The molecule has 0 radical (unpaired) electrons. The lowest BCUT2D eigenvalue weighted by atomic mass is 9.98. The Kier molecular flexibility index (Phi) is 4.05. The second-order valence-electron chi connectivity index (χ2n) is 7.25. The van der Waals surface area contributed by atoms with Crippen LogP contribution in [0.25, 0.3) is 16.8 Å². The fourth-order valence-electron chi connectivity index (χ4n) is 3.91. The van der Waals surface area contributed by atoms with E-state index >= 15 is 0 Å². The van der Waals surface area contributed by atoms with Crippen molar-refractivity contribution in [3.05, 3.63) is 35.9 Å². The van der Waals surface area contributed by atoms with Crippen LogP contribution < -0.4 is 9.47 Å². The zero-order valence-electron chi connectivity index (χ0n) is 15.9. The SMILES string of the molecule is COc1ncc(-c2cc([C@H]3C[C@@H]3C(C)C)c(C)n3ccnc23)c(OC)n1. The van der Waals surface area contributed by atoms with Crippen LogP contribution in [0.1, 0.15) is 37.4 Å². The minimum atomic E-state index is 0.291. The summed E-state index contributed by atoms with van der Waals surface area (Å²) in [6.45, 7) is 6.78. The number of aryl methyl sites for hydroxylation is 1. The molecule has 1 aliphatic carbocycles. The second-order valence-corrected chi connectivity index (χ2v) is 7.25. The van der Waals surface area contributed by atoms with E-state index in [-0.39, 0.29) is 0 Å². The molecule has 0 aromatic carbocycles. The monoisotopic (exact) mass is 352 g/mol. The van der Waals surface area contributed by atoms with Gasteiger partial charge in [0.2, 0.25) is 5.88 Å². The van der Waals surface area contributed by atoms with Gasteiger partial charge in [0.25, 0.3) is 0 Å². The number of nitrogens with zero attached hydrogens (tertiary/aromatic N) is 4. The first-order valence-electron chi connectivity index (χ1n) is 8.97. The maximum absolute atomic E-state index is 5.51. The summed E-state index contributed by atoms with van der Waals surface area (Å²) in [6, 6.07) is 2.54. The minimum absolute atomic E-state index is 0.291. The Bertz CT molecular complexity index is 964. The largest absolute Gasteiger partial charge is 0.480 e. The summed E-state index contributed by atoms with van der Waals surface area (Å²) in [5, 5.41) is 0. The fourth-order valence-corrected chi connectivity index (χ4v) is 3.91. The summed E-state index contributed by atoms with van der Waals surface area (Å²) in [5.41, 5.74) is 5.34. The molecular weight excluding hydrogens is 328 g/mol. The Morgan fingerprint density at radius 1 is 1.15 bits per heavy atom. The number of fused-ring (bicyclic) bond motifs is 1. The summed E-state index contributed by atoms with van der Waals surface area (Å²) in [4.78, 5) is 13.2. The molecule has 0 aliphatic heterocycles. The van der Waals surface area contributed by atoms with Crippen LogP contribution >= 0.6 is 0 Å². The molecule has 3 aromatic heterocycles. The molecule has 6 nitrogen and oxygen atoms in total. The highest BCUT2D eigenvalue weighted by atomic mass is 16.5. The van der Waals surface area contributed by atoms with Crippen LogP contribution in [0.5, 0.6) is 11.9 Å². The van der Waals surface area contributed by atoms with Gasteiger partial charge in [-0.3, -0.25) is 0 Å². The van der Waals surface area contributed by atoms with Gasteiger partial charge < -0.3 is 13.9 Å². The summed E-state index contributed by atoms with van der Waals surface area (Å²) >= 11 is 0. The van der Waals surface area contributed by atoms with E-state index in [1.54, 1.807) is 20.4 Å². The van der Waals surface area contributed by atoms with Gasteiger partial charge in [-0.1, -0.05) is 13.8 Å². The lowest BCUT2D eigenvalue weighted by molar-refractivity contribution is 0.353. The van der Waals surface area contributed by atoms with E-state index in [0.717, 1.165) is 22.7 Å². The molecule has 2 atom stereocenters. The van der Waals surface area contributed by atoms with Gasteiger partial charge in [-0.05, 0) is 42.7 Å². The van der Waals surface area contributed by atoms with Crippen molar-refractivity contribution in [2.24, 2.45) is 11.8 Å². The average Bonchev–Trinajstić information content (AvgIpc) is 3.29. The molecule has 6 heteroatoms. The number of rotatable bonds is 5. The first-order chi connectivity index (χ1) is 12.5. The first kappa shape index (κ1) is 16.8. The van der Waals surface area contributed by atoms with Gasteiger partial charge in [0.1, 0.15) is 5.65 Å². The van der Waals surface area contributed by atoms with Crippen LogP contribution in [0.15, 0.2) is 24.7 Å². The lowest BCUT2D eigenvalue weighted by Gasteiger charge is -2.15. The van der Waals surface area contributed by atoms with Crippen molar-refractivity contribution < 1.29 is 9.47 Å². The topological polar surface area (TPSA) is 61.5 Å². The Morgan fingerprint density at radius 3 is 2.62 bits per heavy atom. The van der Waals surface area contributed by atoms with Gasteiger partial charge in [0, 0.05) is 29.8 Å². The van der Waals surface area contributed by atoms with Crippen LogP contribution in [0.4, 0.5) is 0 Å². The molecule has 3 heterocycles. The van der Waals surface area contributed by atoms with Crippen molar-refractivity contribution in [1.29, 1.82) is 0 Å². The predicted molar refractivity (Wildman–Crippen MR) is 99.7 cm³/mol. The molecule has 1 saturated carbocycles. The standard InChI is InChI=1S/C20H24N4O2/c1-11(2)13-8-15(13)14-9-16(18-21-6-7-24(18)12(14)3)17-10-22-20(26-5)23-19(17)25-4/h6-7,9-11,13,15H,8H2,1-5H3/t13-,15+/m1/s1. The highest BCUT2D eigenvalue weighted by Gasteiger charge is 2.41. The summed E-state index contributed by atoms with van der Waals surface area (Å²) in [5.74, 6) is 2.54. The van der Waals surface area contributed by atoms with Crippen molar-refractivity contribution in [2.75, 3.05) is 14.2 Å². The van der Waals surface area contributed by atoms with Crippen LogP contribution in [-0.4, -0.2) is 33.6 Å². The molecule has 1 fully saturated rings. The van der Waals surface area contributed by atoms with E-state index in [1.165, 1.54) is 17.7 Å². The molecule has 136 valence electrons. The molecule has 0 bridgehead atoms. The van der Waals surface area contributed by atoms with Gasteiger partial charge in [-0.15, -0.1) is 0 Å². The third kappa shape index (κ3) is 2.60. The van der Waals surface area contributed by atoms with Crippen molar-refractivity contribution >= 4 is 5.65 Å². The Labute approximate surface area is 153 Å². The maximum atomic E-state index is 5.51. The van der Waals surface area contributed by atoms with Crippen LogP contribution in [0, 0.1) is 18.8 Å². The quantitative estimate of drug-likeness (QED) is 0.697. The molecule has 3 aromatic rings. The number of imidazole rings is 1. The highest BCUT2D eigenvalue weighted by molar-refractivity contribution is 5.81. The third-order valence-corrected chi connectivity index (χ3v) is 5.45. The van der Waals surface area contributed by atoms with Crippen molar-refractivity contribution in [3.63, 3.8) is 0 Å². The molecule has 0 unspecified atom stereocenters. The highest BCUT2D eigenvalue weighted by Crippen LogP contribution is 2.53. The molecule has 26 heavy (non-hydrogen) atoms. The number of hydrogen-bond donors (Lipinski definition) is 0. The summed E-state index contributed by atoms with van der Waals surface area (Å²) < 4.78 is 12.8. The van der Waals surface area contributed by atoms with Gasteiger partial charge in [0.05, 0.1) is 19.8 Å². The van der Waals surface area contributed by atoms with Crippen LogP contribution in [-0.2, 0) is 0 Å². The van der Waals surface area contributed by atoms with E-state index in [0.29, 0.717) is 23.7 Å². The minimum Gasteiger partial charge on any atom is -0.480 e. The van der Waals surface area contributed by atoms with Gasteiger partial charge in [-0.25, -0.2) is 9.97 Å². The molecule has 1 aliphatic rings. The van der Waals surface area contributed by atoms with Gasteiger partial charge in [0.15, 0.2) is 0 Å². The zero-order chi connectivity index (χ0) is 18.4. The van der Waals surface area contributed by atoms with Crippen molar-refractivity contribution in [3.8, 4) is 23.0 Å². The van der Waals surface area contributed by atoms with E-state index in [1.807, 2.05) is 12.4 Å². The van der Waals surface area contributed by atoms with Crippen molar-refractivity contribution in [2.45, 2.75) is 33.1 Å². The van der Waals surface area contributed by atoms with E-state index < -0.39 is 0 Å². The maximum Gasteiger partial charge on any atom is 0.319 e. The van der Waals surface area contributed by atoms with Crippen LogP contribution in [0.2, 0.25) is 0 Å². The number of aromatic nitrogens is 4. The third-order valence-electron chi connectivity index (χ3n) is 5.45. The fraction of sp³-hybridized carbons (Fsp3) is 0.450. The van der Waals surface area contributed by atoms with Gasteiger partial charge in [-0.2, -0.15) is 4.98 Å². The van der Waals surface area contributed by atoms with E-state index in [4.69, 9.17) is 9.47 Å².